The normalized spacial score (nSPS) is 13.0. The molecule has 0 bridgehead atoms. The predicted octanol–water partition coefficient (Wildman–Crippen LogP) is 14.5. The second-order valence-corrected chi connectivity index (χ2v) is 15.9. The molecule has 1 aliphatic carbocycles. The van der Waals surface area contributed by atoms with E-state index in [-0.39, 0.29) is 0 Å². The molecule has 0 saturated carbocycles. The van der Waals surface area contributed by atoms with E-state index in [1.54, 1.807) is 0 Å². The molecule has 0 fully saturated rings. The van der Waals surface area contributed by atoms with Crippen molar-refractivity contribution in [3.8, 4) is 44.5 Å². The molecule has 0 spiro atoms. The summed E-state index contributed by atoms with van der Waals surface area (Å²) in [6.45, 7) is 8.28. The van der Waals surface area contributed by atoms with Crippen molar-refractivity contribution in [3.05, 3.63) is 203 Å². The van der Waals surface area contributed by atoms with Gasteiger partial charge in [-0.25, -0.2) is 0 Å². The number of rotatable bonds is 12. The van der Waals surface area contributed by atoms with E-state index in [9.17, 15) is 0 Å². The Balaban J connectivity index is 1.13. The van der Waals surface area contributed by atoms with Crippen LogP contribution in [0.4, 0.5) is 22.7 Å². The number of aryl methyl sites for hydroxylation is 3. The molecule has 0 unspecified atom stereocenters. The first kappa shape index (κ1) is 39.6. The molecular weight excluding hydrogens is 759 g/mol. The van der Waals surface area contributed by atoms with Crippen molar-refractivity contribution in [2.24, 2.45) is 20.0 Å². The second kappa shape index (κ2) is 17.8. The van der Waals surface area contributed by atoms with Crippen LogP contribution >= 0.6 is 0 Å². The fourth-order valence-electron chi connectivity index (χ4n) is 7.63. The highest BCUT2D eigenvalue weighted by atomic mass is 14.8. The van der Waals surface area contributed by atoms with Gasteiger partial charge in [-0.3, -0.25) is 20.0 Å². The summed E-state index contributed by atoms with van der Waals surface area (Å²) in [6, 6.07) is 51.0. The van der Waals surface area contributed by atoms with E-state index in [2.05, 4.69) is 161 Å². The Kier molecular flexibility index (Phi) is 11.3. The fraction of sp³-hybridized carbons (Fsp3) is 0.0909. The summed E-state index contributed by atoms with van der Waals surface area (Å²) in [4.78, 5) is 29.1. The van der Waals surface area contributed by atoms with Crippen LogP contribution in [0.15, 0.2) is 189 Å². The summed E-state index contributed by atoms with van der Waals surface area (Å²) >= 11 is 0. The molecule has 8 aromatic rings. The number of nitrogens with one attached hydrogen (secondary N) is 3. The van der Waals surface area contributed by atoms with Crippen molar-refractivity contribution in [2.45, 2.75) is 34.1 Å². The third-order valence-electron chi connectivity index (χ3n) is 10.9. The zero-order valence-corrected chi connectivity index (χ0v) is 35.3. The van der Waals surface area contributed by atoms with E-state index in [1.165, 1.54) is 11.1 Å². The summed E-state index contributed by atoms with van der Waals surface area (Å²) in [5.41, 5.74) is 21.2. The highest BCUT2D eigenvalue weighted by molar-refractivity contribution is 5.96. The standard InChI is InChI=1S/C55H47N7/c1-36-5-9-40(29-36)32-56-45-21-10-41(11-22-45)52-30-54(43-14-25-47(26-15-43)58-34-50-19-7-38(3)61-50)55(44-16-27-48(28-17-44)59-35-51-20-8-39(4)62-51)31-53(52)42-12-23-46(24-13-42)57-33-49-18-6-37(2)60-49/h5-28,30-35,60-62H,29H2,1-4H3. The largest absolute Gasteiger partial charge is 0.358 e. The van der Waals surface area contributed by atoms with E-state index >= 15 is 0 Å². The van der Waals surface area contributed by atoms with Crippen molar-refractivity contribution in [1.82, 2.24) is 15.0 Å². The monoisotopic (exact) mass is 805 g/mol. The van der Waals surface area contributed by atoms with Gasteiger partial charge in [-0.15, -0.1) is 0 Å². The minimum atomic E-state index is 0.878. The maximum absolute atomic E-state index is 4.82. The highest BCUT2D eigenvalue weighted by Gasteiger charge is 2.17. The predicted molar refractivity (Wildman–Crippen MR) is 261 cm³/mol. The molecule has 5 aromatic carbocycles. The number of aliphatic imine (C=N–C) groups is 4. The number of aromatic nitrogens is 3. The molecule has 0 aliphatic heterocycles. The van der Waals surface area contributed by atoms with Crippen LogP contribution in [0.1, 0.15) is 47.5 Å². The van der Waals surface area contributed by atoms with Crippen LogP contribution in [0.25, 0.3) is 44.5 Å². The van der Waals surface area contributed by atoms with Gasteiger partial charge in [-0.05, 0) is 181 Å². The lowest BCUT2D eigenvalue weighted by Gasteiger charge is -2.19. The van der Waals surface area contributed by atoms with E-state index in [0.29, 0.717) is 0 Å². The topological polar surface area (TPSA) is 96.8 Å². The SMILES string of the molecule is CC1=CC=C(C=Nc2ccc(-c3cc(-c4ccc(N=Cc5ccc(C)[nH]5)cc4)c(-c4ccc(N=Cc5ccc(C)[nH]5)cc4)cc3-c3ccc(N=Cc4ccc(C)[nH]4)cc3)cc2)C1. The van der Waals surface area contributed by atoms with Gasteiger partial charge in [-0.1, -0.05) is 66.3 Å². The fourth-order valence-corrected chi connectivity index (χ4v) is 7.63. The first-order valence-electron chi connectivity index (χ1n) is 20.9. The van der Waals surface area contributed by atoms with Gasteiger partial charge in [0.2, 0.25) is 0 Å². The summed E-state index contributed by atoms with van der Waals surface area (Å²) in [5.74, 6) is 0. The number of allylic oxidation sites excluding steroid dienone is 4. The zero-order chi connectivity index (χ0) is 42.4. The Morgan fingerprint density at radius 1 is 0.355 bits per heavy atom. The molecule has 0 atom stereocenters. The minimum Gasteiger partial charge on any atom is -0.358 e. The van der Waals surface area contributed by atoms with E-state index in [1.807, 2.05) is 63.8 Å². The summed E-state index contributed by atoms with van der Waals surface area (Å²) in [6.07, 6.45) is 12.8. The van der Waals surface area contributed by atoms with Gasteiger partial charge in [-0.2, -0.15) is 0 Å². The Labute approximate surface area is 362 Å². The molecule has 62 heavy (non-hydrogen) atoms. The lowest BCUT2D eigenvalue weighted by molar-refractivity contribution is 1.22. The summed E-state index contributed by atoms with van der Waals surface area (Å²) < 4.78 is 0. The van der Waals surface area contributed by atoms with Gasteiger partial charge >= 0.3 is 0 Å². The molecule has 0 radical (unpaired) electrons. The van der Waals surface area contributed by atoms with E-state index in [0.717, 1.165) is 108 Å². The molecular formula is C55H47N7. The van der Waals surface area contributed by atoms with Gasteiger partial charge in [0.15, 0.2) is 0 Å². The molecule has 1 aliphatic rings. The summed E-state index contributed by atoms with van der Waals surface area (Å²) in [5, 5.41) is 0. The van der Waals surface area contributed by atoms with Crippen LogP contribution in [0.3, 0.4) is 0 Å². The lowest BCUT2D eigenvalue weighted by atomic mass is 9.85. The minimum absolute atomic E-state index is 0.878. The van der Waals surface area contributed by atoms with Crippen LogP contribution in [-0.4, -0.2) is 39.8 Å². The van der Waals surface area contributed by atoms with Crippen molar-refractivity contribution >= 4 is 47.6 Å². The quantitative estimate of drug-likeness (QED) is 0.103. The highest BCUT2D eigenvalue weighted by Crippen LogP contribution is 2.43. The molecule has 0 amide bonds. The number of hydrogen-bond donors (Lipinski definition) is 3. The van der Waals surface area contributed by atoms with E-state index in [4.69, 9.17) is 20.0 Å². The molecule has 3 heterocycles. The average Bonchev–Trinajstić information content (AvgIpc) is 4.13. The van der Waals surface area contributed by atoms with Gasteiger partial charge in [0.05, 0.1) is 58.5 Å². The molecule has 3 aromatic heterocycles. The van der Waals surface area contributed by atoms with Crippen molar-refractivity contribution in [2.75, 3.05) is 0 Å². The maximum atomic E-state index is 4.82. The smallest absolute Gasteiger partial charge is 0.0630 e. The van der Waals surface area contributed by atoms with Gasteiger partial charge < -0.3 is 15.0 Å². The average molecular weight is 806 g/mol. The Morgan fingerprint density at radius 3 is 0.919 bits per heavy atom. The third-order valence-corrected chi connectivity index (χ3v) is 10.9. The Hall–Kier alpha value is -7.90. The Bertz CT molecular complexity index is 3030. The zero-order valence-electron chi connectivity index (χ0n) is 35.3. The van der Waals surface area contributed by atoms with Crippen LogP contribution in [0, 0.1) is 20.8 Å². The first-order chi connectivity index (χ1) is 30.3. The van der Waals surface area contributed by atoms with Crippen LogP contribution < -0.4 is 0 Å². The van der Waals surface area contributed by atoms with Crippen molar-refractivity contribution < 1.29 is 0 Å². The van der Waals surface area contributed by atoms with Crippen molar-refractivity contribution in [3.63, 3.8) is 0 Å². The van der Waals surface area contributed by atoms with Gasteiger partial charge in [0.1, 0.15) is 0 Å². The lowest BCUT2D eigenvalue weighted by Crippen LogP contribution is -1.92. The second-order valence-electron chi connectivity index (χ2n) is 15.9. The van der Waals surface area contributed by atoms with Crippen LogP contribution in [0.2, 0.25) is 0 Å². The van der Waals surface area contributed by atoms with Gasteiger partial charge in [0.25, 0.3) is 0 Å². The number of H-pyrrole nitrogens is 3. The molecule has 7 heteroatoms. The number of hydrogen-bond acceptors (Lipinski definition) is 4. The molecule has 0 saturated heterocycles. The van der Waals surface area contributed by atoms with Crippen LogP contribution in [-0.2, 0) is 0 Å². The van der Waals surface area contributed by atoms with Gasteiger partial charge in [0, 0.05) is 23.3 Å². The van der Waals surface area contributed by atoms with Crippen LogP contribution in [0.5, 0.6) is 0 Å². The molecule has 302 valence electrons. The van der Waals surface area contributed by atoms with Crippen molar-refractivity contribution in [1.29, 1.82) is 0 Å². The maximum Gasteiger partial charge on any atom is 0.0630 e. The van der Waals surface area contributed by atoms with E-state index < -0.39 is 0 Å². The number of nitrogens with zero attached hydrogens (tertiary/aromatic N) is 4. The third kappa shape index (κ3) is 9.43. The molecule has 3 N–H and O–H groups in total. The molecule has 7 nitrogen and oxygen atoms in total. The Morgan fingerprint density at radius 2 is 0.661 bits per heavy atom. The summed E-state index contributed by atoms with van der Waals surface area (Å²) in [7, 11) is 0. The molecule has 9 rings (SSSR count). The number of benzene rings is 5. The number of aromatic amines is 3. The first-order valence-corrected chi connectivity index (χ1v) is 20.9.